The van der Waals surface area contributed by atoms with Crippen LogP contribution in [0.3, 0.4) is 0 Å². The van der Waals surface area contributed by atoms with Crippen molar-refractivity contribution in [1.82, 2.24) is 9.13 Å². The van der Waals surface area contributed by atoms with Gasteiger partial charge in [0.25, 0.3) is 0 Å². The fraction of sp³-hybridized carbons (Fsp3) is 0.0118. The van der Waals surface area contributed by atoms with Crippen LogP contribution in [0.2, 0.25) is 0 Å². The van der Waals surface area contributed by atoms with Crippen LogP contribution >= 0.6 is 0 Å². The lowest BCUT2D eigenvalue weighted by atomic mass is 9.67. The first-order valence-corrected chi connectivity index (χ1v) is 30.1. The number of rotatable bonds is 10. The van der Waals surface area contributed by atoms with Crippen molar-refractivity contribution < 1.29 is 0 Å². The molecule has 2 heteroatoms. The molecule has 0 radical (unpaired) electrons. The van der Waals surface area contributed by atoms with Crippen LogP contribution in [0.15, 0.2) is 340 Å². The molecule has 2 aromatic heterocycles. The molecule has 0 unspecified atom stereocenters. The molecule has 87 heavy (non-hydrogen) atoms. The Kier molecular flexibility index (Phi) is 11.8. The summed E-state index contributed by atoms with van der Waals surface area (Å²) in [6, 6.07) is 125. The van der Waals surface area contributed by atoms with Gasteiger partial charge in [-0.25, -0.2) is 0 Å². The number of hydrogen-bond acceptors (Lipinski definition) is 0. The van der Waals surface area contributed by atoms with Crippen molar-refractivity contribution in [2.75, 3.05) is 0 Å². The number of fused-ring (bicyclic) bond motifs is 9. The molecule has 17 rings (SSSR count). The van der Waals surface area contributed by atoms with Gasteiger partial charge in [0.1, 0.15) is 0 Å². The van der Waals surface area contributed by atoms with Gasteiger partial charge in [0, 0.05) is 32.9 Å². The molecular weight excluding hydrogens is 1050 g/mol. The smallest absolute Gasteiger partial charge is 0.0713 e. The minimum absolute atomic E-state index is 0.449. The van der Waals surface area contributed by atoms with Gasteiger partial charge in [0.2, 0.25) is 0 Å². The van der Waals surface area contributed by atoms with Crippen LogP contribution in [0.5, 0.6) is 0 Å². The molecule has 0 saturated heterocycles. The van der Waals surface area contributed by atoms with Crippen LogP contribution < -0.4 is 0 Å². The summed E-state index contributed by atoms with van der Waals surface area (Å²) in [5, 5.41) is 4.94. The van der Waals surface area contributed by atoms with Crippen LogP contribution in [0.4, 0.5) is 0 Å². The molecule has 2 heterocycles. The summed E-state index contributed by atoms with van der Waals surface area (Å²) >= 11 is 0. The molecule has 0 saturated carbocycles. The van der Waals surface area contributed by atoms with E-state index in [1.165, 1.54) is 144 Å². The molecule has 14 aromatic carbocycles. The Morgan fingerprint density at radius 2 is 0.506 bits per heavy atom. The van der Waals surface area contributed by atoms with Crippen molar-refractivity contribution in [2.24, 2.45) is 0 Å². The molecular formula is C85H56N2. The van der Waals surface area contributed by atoms with E-state index in [1.807, 2.05) is 0 Å². The number of benzene rings is 14. The van der Waals surface area contributed by atoms with E-state index in [9.17, 15) is 0 Å². The third-order valence-corrected chi connectivity index (χ3v) is 18.4. The molecule has 0 bridgehead atoms. The maximum absolute atomic E-state index is 2.45. The molecule has 2 nitrogen and oxygen atoms in total. The van der Waals surface area contributed by atoms with Gasteiger partial charge in [-0.15, -0.1) is 0 Å². The predicted molar refractivity (Wildman–Crippen MR) is 365 cm³/mol. The molecule has 0 atom stereocenters. The minimum Gasteiger partial charge on any atom is -0.309 e. The van der Waals surface area contributed by atoms with Gasteiger partial charge in [-0.2, -0.15) is 0 Å². The summed E-state index contributed by atoms with van der Waals surface area (Å²) in [4.78, 5) is 0. The van der Waals surface area contributed by atoms with Gasteiger partial charge < -0.3 is 9.13 Å². The van der Waals surface area contributed by atoms with E-state index in [4.69, 9.17) is 0 Å². The summed E-state index contributed by atoms with van der Waals surface area (Å²) in [5.41, 5.74) is 28.7. The summed E-state index contributed by atoms with van der Waals surface area (Å²) < 4.78 is 4.84. The molecule has 0 N–H and O–H groups in total. The molecule has 16 aromatic rings. The maximum Gasteiger partial charge on any atom is 0.0713 e. The first kappa shape index (κ1) is 50.2. The molecule has 0 aliphatic heterocycles. The van der Waals surface area contributed by atoms with Gasteiger partial charge in [-0.3, -0.25) is 0 Å². The van der Waals surface area contributed by atoms with Crippen LogP contribution in [0, 0.1) is 0 Å². The monoisotopic (exact) mass is 1100 g/mol. The highest BCUT2D eigenvalue weighted by Crippen LogP contribution is 2.57. The molecule has 0 spiro atoms. The largest absolute Gasteiger partial charge is 0.309 e. The number of para-hydroxylation sites is 2. The molecule has 1 aliphatic rings. The van der Waals surface area contributed by atoms with Gasteiger partial charge >= 0.3 is 0 Å². The maximum atomic E-state index is 2.45. The Labute approximate surface area is 506 Å². The highest BCUT2D eigenvalue weighted by Gasteiger charge is 2.46. The average Bonchev–Trinajstić information content (AvgIpc) is 1.63. The Bertz CT molecular complexity index is 5240. The summed E-state index contributed by atoms with van der Waals surface area (Å²) in [6.45, 7) is 0. The van der Waals surface area contributed by atoms with Crippen molar-refractivity contribution in [1.29, 1.82) is 0 Å². The summed E-state index contributed by atoms with van der Waals surface area (Å²) in [7, 11) is 0. The first-order chi connectivity index (χ1) is 43.1. The van der Waals surface area contributed by atoms with E-state index in [-0.39, 0.29) is 0 Å². The van der Waals surface area contributed by atoms with E-state index in [2.05, 4.69) is 349 Å². The van der Waals surface area contributed by atoms with Crippen molar-refractivity contribution in [3.05, 3.63) is 362 Å². The number of hydrogen-bond donors (Lipinski definition) is 0. The second-order valence-electron chi connectivity index (χ2n) is 23.2. The Morgan fingerprint density at radius 3 is 1.01 bits per heavy atom. The quantitative estimate of drug-likeness (QED) is 0.129. The Hall–Kier alpha value is -11.3. The summed E-state index contributed by atoms with van der Waals surface area (Å²) in [6.07, 6.45) is 0. The fourth-order valence-corrected chi connectivity index (χ4v) is 14.3. The molecule has 0 fully saturated rings. The highest BCUT2D eigenvalue weighted by atomic mass is 15.0. The summed E-state index contributed by atoms with van der Waals surface area (Å²) in [5.74, 6) is 0. The standard InChI is InChI=1S/C85H56N2/c1-4-18-57(19-5-1)62-20-16-22-64(52-62)65-23-17-21-63(53-65)60-36-34-58(35-37-60)59-38-45-71(46-39-59)86-81-32-14-11-29-75(81)77-54-66(43-50-83(77)86)67-44-51-84-78(55-67)76-30-12-15-33-82(76)87(84)72-47-40-61(41-48-72)68-42-49-74-73-28-10-13-31-79(73)85(80(74)56-68,69-24-6-2-7-25-69)70-26-8-3-9-27-70/h1-56H. The van der Waals surface area contributed by atoms with Crippen LogP contribution in [0.25, 0.3) is 133 Å². The van der Waals surface area contributed by atoms with E-state index in [0.29, 0.717) is 0 Å². The molecule has 1 aliphatic carbocycles. The normalized spacial score (nSPS) is 12.5. The van der Waals surface area contributed by atoms with Gasteiger partial charge in [-0.05, 0) is 179 Å². The minimum atomic E-state index is -0.449. The third kappa shape index (κ3) is 8.25. The zero-order chi connectivity index (χ0) is 57.4. The van der Waals surface area contributed by atoms with E-state index >= 15 is 0 Å². The van der Waals surface area contributed by atoms with Crippen LogP contribution in [0.1, 0.15) is 22.3 Å². The lowest BCUT2D eigenvalue weighted by molar-refractivity contribution is 0.769. The average molecular weight is 1110 g/mol. The second-order valence-corrected chi connectivity index (χ2v) is 23.2. The predicted octanol–water partition coefficient (Wildman–Crippen LogP) is 22.2. The number of nitrogens with zero attached hydrogens (tertiary/aromatic N) is 2. The number of aromatic nitrogens is 2. The third-order valence-electron chi connectivity index (χ3n) is 18.4. The van der Waals surface area contributed by atoms with E-state index in [1.54, 1.807) is 0 Å². The van der Waals surface area contributed by atoms with Crippen molar-refractivity contribution in [2.45, 2.75) is 5.41 Å². The van der Waals surface area contributed by atoms with Crippen molar-refractivity contribution >= 4 is 43.6 Å². The fourth-order valence-electron chi connectivity index (χ4n) is 14.3. The first-order valence-electron chi connectivity index (χ1n) is 30.1. The van der Waals surface area contributed by atoms with Crippen LogP contribution in [-0.4, -0.2) is 9.13 Å². The lowest BCUT2D eigenvalue weighted by Crippen LogP contribution is -2.28. The SMILES string of the molecule is c1ccc(-c2cccc(-c3cccc(-c4ccc(-c5ccc(-n6c7ccccc7c7cc(-c8ccc9c(c8)c8ccccc8n9-c8ccc(-c9ccc%10c(c9)C(c9ccccc9)(c9ccccc9)c9ccccc9-%10)cc8)ccc76)cc5)cc4)c3)c2)cc1. The van der Waals surface area contributed by atoms with Gasteiger partial charge in [0.15, 0.2) is 0 Å². The lowest BCUT2D eigenvalue weighted by Gasteiger charge is -2.34. The zero-order valence-corrected chi connectivity index (χ0v) is 47.7. The topological polar surface area (TPSA) is 9.86 Å². The highest BCUT2D eigenvalue weighted by molar-refractivity contribution is 6.13. The van der Waals surface area contributed by atoms with E-state index < -0.39 is 5.41 Å². The van der Waals surface area contributed by atoms with Crippen LogP contribution in [-0.2, 0) is 5.41 Å². The van der Waals surface area contributed by atoms with Gasteiger partial charge in [-0.1, -0.05) is 261 Å². The zero-order valence-electron chi connectivity index (χ0n) is 47.7. The molecule has 406 valence electrons. The Morgan fingerprint density at radius 1 is 0.184 bits per heavy atom. The van der Waals surface area contributed by atoms with Gasteiger partial charge in [0.05, 0.1) is 27.5 Å². The molecule has 0 amide bonds. The van der Waals surface area contributed by atoms with Crippen molar-refractivity contribution in [3.8, 4) is 89.3 Å². The Balaban J connectivity index is 0.668. The van der Waals surface area contributed by atoms with E-state index in [0.717, 1.165) is 11.4 Å². The van der Waals surface area contributed by atoms with Crippen molar-refractivity contribution in [3.63, 3.8) is 0 Å². The second kappa shape index (κ2) is 20.5.